The van der Waals surface area contributed by atoms with Crippen LogP contribution in [-0.2, 0) is 4.79 Å². The molecule has 0 atom stereocenters. The van der Waals surface area contributed by atoms with Crippen LogP contribution in [0.15, 0.2) is 54.8 Å². The summed E-state index contributed by atoms with van der Waals surface area (Å²) >= 11 is 0. The number of allylic oxidation sites excluding steroid dienone is 1. The molecule has 7 nitrogen and oxygen atoms in total. The molecule has 2 amide bonds. The van der Waals surface area contributed by atoms with Gasteiger partial charge in [-0.25, -0.2) is 4.98 Å². The van der Waals surface area contributed by atoms with Crippen molar-refractivity contribution in [3.8, 4) is 0 Å². The summed E-state index contributed by atoms with van der Waals surface area (Å²) in [6, 6.07) is 3.80. The normalized spacial score (nSPS) is 17.7. The molecule has 1 aromatic heterocycles. The third-order valence-electron chi connectivity index (χ3n) is 6.25. The Balaban J connectivity index is 1.41. The van der Waals surface area contributed by atoms with Crippen molar-refractivity contribution in [3.05, 3.63) is 60.3 Å². The zero-order chi connectivity index (χ0) is 22.9. The number of nitrogens with zero attached hydrogens (tertiary/aromatic N) is 3. The molecule has 1 aromatic rings. The third-order valence-corrected chi connectivity index (χ3v) is 6.25. The van der Waals surface area contributed by atoms with Crippen LogP contribution >= 0.6 is 0 Å². The van der Waals surface area contributed by atoms with Crippen LogP contribution < -0.4 is 10.6 Å². The van der Waals surface area contributed by atoms with Crippen molar-refractivity contribution >= 4 is 17.6 Å². The smallest absolute Gasteiger partial charge is 0.251 e. The maximum atomic E-state index is 12.6. The number of anilines is 1. The molecule has 7 heteroatoms. The van der Waals surface area contributed by atoms with Gasteiger partial charge in [0.15, 0.2) is 0 Å². The Bertz CT molecular complexity index is 871. The average Bonchev–Trinajstić information content (AvgIpc) is 2.82. The summed E-state index contributed by atoms with van der Waals surface area (Å²) in [5.41, 5.74) is 3.14. The van der Waals surface area contributed by atoms with Crippen LogP contribution in [0.1, 0.15) is 43.0 Å². The van der Waals surface area contributed by atoms with Crippen LogP contribution in [0.5, 0.6) is 0 Å². The topological polar surface area (TPSA) is 77.6 Å². The Morgan fingerprint density at radius 1 is 1.19 bits per heavy atom. The number of likely N-dealkylation sites (tertiary alicyclic amines) is 1. The molecule has 0 aliphatic carbocycles. The largest absolute Gasteiger partial charge is 0.367 e. The van der Waals surface area contributed by atoms with E-state index >= 15 is 0 Å². The Hall–Kier alpha value is -2.93. The summed E-state index contributed by atoms with van der Waals surface area (Å²) in [5, 5.41) is 6.43. The molecule has 0 aromatic carbocycles. The zero-order valence-electron chi connectivity index (χ0n) is 19.1. The summed E-state index contributed by atoms with van der Waals surface area (Å²) in [6.45, 7) is 14.4. The molecule has 1 saturated heterocycles. The summed E-state index contributed by atoms with van der Waals surface area (Å²) in [6.07, 6.45) is 9.17. The highest BCUT2D eigenvalue weighted by molar-refractivity contribution is 5.94. The van der Waals surface area contributed by atoms with Crippen molar-refractivity contribution in [1.29, 1.82) is 0 Å². The van der Waals surface area contributed by atoms with Crippen LogP contribution in [0.4, 0.5) is 5.82 Å². The molecule has 1 fully saturated rings. The monoisotopic (exact) mass is 437 g/mol. The van der Waals surface area contributed by atoms with E-state index in [2.05, 4.69) is 33.7 Å². The number of hydrogen-bond donors (Lipinski definition) is 2. The lowest BCUT2D eigenvalue weighted by atomic mass is 10.00. The number of nitrogens with one attached hydrogen (secondary N) is 2. The Kier molecular flexibility index (Phi) is 8.62. The molecular weight excluding hydrogens is 402 g/mol. The van der Waals surface area contributed by atoms with Gasteiger partial charge < -0.3 is 15.5 Å². The standard InChI is InChI=1S/C25H35N5O2/c1-4-20-8-14-29(18-21(20)5-2)13-6-11-27-25(32)22-7-12-26-24(17-22)28-23-9-15-30(16-10-23)19(3)31/h4-5,7,12,17,23H,1-2,6,8-11,13-16,18H2,3H3,(H,26,28)(H,27,32). The van der Waals surface area contributed by atoms with Crippen molar-refractivity contribution < 1.29 is 9.59 Å². The van der Waals surface area contributed by atoms with Gasteiger partial charge in [0.05, 0.1) is 0 Å². The SMILES string of the molecule is C=CC1=C(C=C)CN(CCCNC(=O)c2ccnc(NC3CCN(C(C)=O)CC3)c2)CC1. The summed E-state index contributed by atoms with van der Waals surface area (Å²) in [7, 11) is 0. The molecule has 0 saturated carbocycles. The van der Waals surface area contributed by atoms with E-state index in [1.54, 1.807) is 25.3 Å². The van der Waals surface area contributed by atoms with Crippen molar-refractivity contribution in [2.75, 3.05) is 44.6 Å². The lowest BCUT2D eigenvalue weighted by Crippen LogP contribution is -2.41. The number of hydrogen-bond acceptors (Lipinski definition) is 5. The van der Waals surface area contributed by atoms with E-state index in [0.717, 1.165) is 58.4 Å². The molecule has 172 valence electrons. The minimum Gasteiger partial charge on any atom is -0.367 e. The molecule has 32 heavy (non-hydrogen) atoms. The van der Waals surface area contributed by atoms with Crippen molar-refractivity contribution in [1.82, 2.24) is 20.1 Å². The molecule has 0 unspecified atom stereocenters. The average molecular weight is 438 g/mol. The fourth-order valence-electron chi connectivity index (χ4n) is 4.29. The van der Waals surface area contributed by atoms with Crippen molar-refractivity contribution in [2.24, 2.45) is 0 Å². The molecule has 3 rings (SSSR count). The second-order valence-corrected chi connectivity index (χ2v) is 8.45. The van der Waals surface area contributed by atoms with Crippen LogP contribution in [0.2, 0.25) is 0 Å². The molecule has 0 bridgehead atoms. The quantitative estimate of drug-likeness (QED) is 0.581. The number of carbonyl (C=O) groups excluding carboxylic acids is 2. The van der Waals surface area contributed by atoms with Crippen LogP contribution in [0.3, 0.4) is 0 Å². The van der Waals surface area contributed by atoms with Crippen LogP contribution in [0.25, 0.3) is 0 Å². The minimum atomic E-state index is -0.0823. The number of carbonyl (C=O) groups is 2. The van der Waals surface area contributed by atoms with Gasteiger partial charge >= 0.3 is 0 Å². The van der Waals surface area contributed by atoms with Gasteiger partial charge in [-0.1, -0.05) is 25.3 Å². The second-order valence-electron chi connectivity index (χ2n) is 8.45. The van der Waals surface area contributed by atoms with Crippen molar-refractivity contribution in [2.45, 2.75) is 38.6 Å². The first-order valence-electron chi connectivity index (χ1n) is 11.5. The summed E-state index contributed by atoms with van der Waals surface area (Å²) in [4.78, 5) is 32.7. The van der Waals surface area contributed by atoms with Gasteiger partial charge in [-0.15, -0.1) is 0 Å². The predicted octanol–water partition coefficient (Wildman–Crippen LogP) is 3.00. The fraction of sp³-hybridized carbons (Fsp3) is 0.480. The number of rotatable bonds is 9. The fourth-order valence-corrected chi connectivity index (χ4v) is 4.29. The number of amides is 2. The summed E-state index contributed by atoms with van der Waals surface area (Å²) in [5.74, 6) is 0.745. The summed E-state index contributed by atoms with van der Waals surface area (Å²) < 4.78 is 0. The van der Waals surface area contributed by atoms with Gasteiger partial charge in [-0.3, -0.25) is 14.5 Å². The second kappa shape index (κ2) is 11.6. The van der Waals surface area contributed by atoms with Crippen molar-refractivity contribution in [3.63, 3.8) is 0 Å². The van der Waals surface area contributed by atoms with Gasteiger partial charge in [0.2, 0.25) is 5.91 Å². The van der Waals surface area contributed by atoms with E-state index in [-0.39, 0.29) is 17.9 Å². The maximum Gasteiger partial charge on any atom is 0.251 e. The zero-order valence-corrected chi connectivity index (χ0v) is 19.1. The minimum absolute atomic E-state index is 0.0823. The molecule has 0 spiro atoms. The first-order valence-corrected chi connectivity index (χ1v) is 11.5. The lowest BCUT2D eigenvalue weighted by molar-refractivity contribution is -0.129. The number of piperidine rings is 1. The van der Waals surface area contributed by atoms with E-state index in [9.17, 15) is 9.59 Å². The van der Waals surface area contributed by atoms with E-state index < -0.39 is 0 Å². The highest BCUT2D eigenvalue weighted by Gasteiger charge is 2.21. The highest BCUT2D eigenvalue weighted by atomic mass is 16.2. The van der Waals surface area contributed by atoms with E-state index in [1.165, 1.54) is 11.1 Å². The Morgan fingerprint density at radius 3 is 2.62 bits per heavy atom. The molecule has 0 radical (unpaired) electrons. The molecule has 2 N–H and O–H groups in total. The Labute approximate surface area is 191 Å². The van der Waals surface area contributed by atoms with Crippen LogP contribution in [0, 0.1) is 0 Å². The van der Waals surface area contributed by atoms with E-state index in [0.29, 0.717) is 17.9 Å². The number of aromatic nitrogens is 1. The molecule has 3 heterocycles. The molecule has 2 aliphatic rings. The van der Waals surface area contributed by atoms with E-state index in [1.807, 2.05) is 17.1 Å². The lowest BCUT2D eigenvalue weighted by Gasteiger charge is -2.32. The maximum absolute atomic E-state index is 12.6. The van der Waals surface area contributed by atoms with E-state index in [4.69, 9.17) is 0 Å². The Morgan fingerprint density at radius 2 is 1.94 bits per heavy atom. The number of pyridine rings is 1. The highest BCUT2D eigenvalue weighted by Crippen LogP contribution is 2.19. The first-order chi connectivity index (χ1) is 15.5. The van der Waals surface area contributed by atoms with Crippen LogP contribution in [-0.4, -0.2) is 71.9 Å². The third kappa shape index (κ3) is 6.53. The first kappa shape index (κ1) is 23.7. The van der Waals surface area contributed by atoms with Gasteiger partial charge in [0, 0.05) is 64.0 Å². The van der Waals surface area contributed by atoms with Gasteiger partial charge in [-0.05, 0) is 49.0 Å². The predicted molar refractivity (Wildman–Crippen MR) is 129 cm³/mol. The van der Waals surface area contributed by atoms with Gasteiger partial charge in [-0.2, -0.15) is 0 Å². The van der Waals surface area contributed by atoms with Gasteiger partial charge in [0.25, 0.3) is 5.91 Å². The molecular formula is C25H35N5O2. The molecule has 2 aliphatic heterocycles. The van der Waals surface area contributed by atoms with Gasteiger partial charge in [0.1, 0.15) is 5.82 Å².